The predicted octanol–water partition coefficient (Wildman–Crippen LogP) is 2.84. The lowest BCUT2D eigenvalue weighted by atomic mass is 9.98. The highest BCUT2D eigenvalue weighted by Crippen LogP contribution is 2.21. The summed E-state index contributed by atoms with van der Waals surface area (Å²) in [5, 5.41) is 3.65. The predicted molar refractivity (Wildman–Crippen MR) is 85.5 cm³/mol. The molecule has 0 bridgehead atoms. The molecule has 1 saturated heterocycles. The summed E-state index contributed by atoms with van der Waals surface area (Å²) in [4.78, 5) is 2.46. The molecule has 0 aliphatic carbocycles. The quantitative estimate of drug-likeness (QED) is 0.829. The fraction of sp³-hybridized carbons (Fsp3) is 0.647. The summed E-state index contributed by atoms with van der Waals surface area (Å²) in [6.07, 6.45) is 1.18. The summed E-state index contributed by atoms with van der Waals surface area (Å²) in [5.74, 6) is 0.648. The maximum Gasteiger partial charge on any atom is 0.0510 e. The fourth-order valence-corrected chi connectivity index (χ4v) is 2.92. The van der Waals surface area contributed by atoms with Gasteiger partial charge in [0, 0.05) is 37.3 Å². The minimum absolute atomic E-state index is 0.517. The summed E-state index contributed by atoms with van der Waals surface area (Å²) >= 11 is 0. The van der Waals surface area contributed by atoms with Crippen molar-refractivity contribution in [1.29, 1.82) is 0 Å². The first kappa shape index (κ1) is 15.3. The zero-order valence-electron chi connectivity index (χ0n) is 13.1. The van der Waals surface area contributed by atoms with Crippen molar-refractivity contribution in [1.82, 2.24) is 5.32 Å². The first-order valence-electron chi connectivity index (χ1n) is 7.87. The van der Waals surface area contributed by atoms with Crippen LogP contribution in [0.4, 0.5) is 5.69 Å². The van der Waals surface area contributed by atoms with Crippen molar-refractivity contribution in [2.24, 2.45) is 5.92 Å². The normalized spacial score (nSPS) is 20.1. The van der Waals surface area contributed by atoms with Crippen LogP contribution >= 0.6 is 0 Å². The minimum Gasteiger partial charge on any atom is -0.381 e. The molecule has 2 unspecified atom stereocenters. The van der Waals surface area contributed by atoms with Gasteiger partial charge in [0.2, 0.25) is 0 Å². The van der Waals surface area contributed by atoms with E-state index >= 15 is 0 Å². The van der Waals surface area contributed by atoms with Crippen molar-refractivity contribution in [3.8, 4) is 0 Å². The Morgan fingerprint density at radius 2 is 2.05 bits per heavy atom. The topological polar surface area (TPSA) is 24.5 Å². The van der Waals surface area contributed by atoms with Crippen molar-refractivity contribution in [2.45, 2.75) is 33.2 Å². The van der Waals surface area contributed by atoms with Crippen LogP contribution < -0.4 is 10.2 Å². The van der Waals surface area contributed by atoms with Crippen LogP contribution in [0.25, 0.3) is 0 Å². The molecule has 0 spiro atoms. The van der Waals surface area contributed by atoms with Crippen LogP contribution in [-0.2, 0) is 4.74 Å². The van der Waals surface area contributed by atoms with Crippen LogP contribution in [0.5, 0.6) is 0 Å². The van der Waals surface area contributed by atoms with Crippen LogP contribution in [0.3, 0.4) is 0 Å². The number of hydrogen-bond acceptors (Lipinski definition) is 3. The Hall–Kier alpha value is -1.06. The molecule has 0 aromatic heterocycles. The molecule has 2 rings (SSSR count). The average molecular weight is 276 g/mol. The molecule has 1 N–H and O–H groups in total. The molecule has 0 radical (unpaired) electrons. The SMILES string of the molecule is CCNC(CN(CC)c1ccc(C)cc1)C1CCOC1. The van der Waals surface area contributed by atoms with Crippen molar-refractivity contribution >= 4 is 5.69 Å². The molecule has 1 aromatic rings. The van der Waals surface area contributed by atoms with E-state index in [1.54, 1.807) is 0 Å². The van der Waals surface area contributed by atoms with E-state index in [2.05, 4.69) is 55.3 Å². The van der Waals surface area contributed by atoms with E-state index in [1.807, 2.05) is 0 Å². The van der Waals surface area contributed by atoms with E-state index in [-0.39, 0.29) is 0 Å². The van der Waals surface area contributed by atoms with Crippen molar-refractivity contribution in [3.05, 3.63) is 29.8 Å². The number of hydrogen-bond donors (Lipinski definition) is 1. The highest BCUT2D eigenvalue weighted by molar-refractivity contribution is 5.47. The van der Waals surface area contributed by atoms with Gasteiger partial charge < -0.3 is 15.0 Å². The van der Waals surface area contributed by atoms with Gasteiger partial charge in [0.25, 0.3) is 0 Å². The highest BCUT2D eigenvalue weighted by atomic mass is 16.5. The molecule has 1 aromatic carbocycles. The summed E-state index contributed by atoms with van der Waals surface area (Å²) in [7, 11) is 0. The van der Waals surface area contributed by atoms with E-state index < -0.39 is 0 Å². The molecule has 0 saturated carbocycles. The molecule has 0 amide bonds. The van der Waals surface area contributed by atoms with E-state index in [0.29, 0.717) is 12.0 Å². The maximum atomic E-state index is 5.56. The number of benzene rings is 1. The largest absolute Gasteiger partial charge is 0.381 e. The second-order valence-corrected chi connectivity index (χ2v) is 5.66. The van der Waals surface area contributed by atoms with Gasteiger partial charge in [0.1, 0.15) is 0 Å². The molecule has 20 heavy (non-hydrogen) atoms. The highest BCUT2D eigenvalue weighted by Gasteiger charge is 2.26. The molecule has 1 aliphatic heterocycles. The lowest BCUT2D eigenvalue weighted by Crippen LogP contribution is -2.46. The van der Waals surface area contributed by atoms with Gasteiger partial charge in [-0.05, 0) is 38.9 Å². The summed E-state index contributed by atoms with van der Waals surface area (Å²) < 4.78 is 5.56. The molecular weight excluding hydrogens is 248 g/mol. The maximum absolute atomic E-state index is 5.56. The number of likely N-dealkylation sites (N-methyl/N-ethyl adjacent to an activating group) is 2. The number of aryl methyl sites for hydroxylation is 1. The van der Waals surface area contributed by atoms with Crippen LogP contribution in [0.15, 0.2) is 24.3 Å². The van der Waals surface area contributed by atoms with Gasteiger partial charge in [-0.1, -0.05) is 24.6 Å². The third kappa shape index (κ3) is 3.97. The Kier molecular flexibility index (Phi) is 5.86. The molecule has 112 valence electrons. The molecule has 2 atom stereocenters. The molecule has 1 heterocycles. The van der Waals surface area contributed by atoms with E-state index in [9.17, 15) is 0 Å². The molecule has 3 heteroatoms. The Labute approximate surface area is 123 Å². The van der Waals surface area contributed by atoms with Crippen LogP contribution in [-0.4, -0.2) is 38.9 Å². The monoisotopic (exact) mass is 276 g/mol. The van der Waals surface area contributed by atoms with Gasteiger partial charge in [-0.25, -0.2) is 0 Å². The summed E-state index contributed by atoms with van der Waals surface area (Å²) in [6, 6.07) is 9.36. The number of rotatable bonds is 7. The average Bonchev–Trinajstić information content (AvgIpc) is 2.99. The molecule has 1 aliphatic rings. The van der Waals surface area contributed by atoms with Crippen molar-refractivity contribution in [3.63, 3.8) is 0 Å². The van der Waals surface area contributed by atoms with E-state index in [4.69, 9.17) is 4.74 Å². The van der Waals surface area contributed by atoms with Crippen LogP contribution in [0.1, 0.15) is 25.8 Å². The second-order valence-electron chi connectivity index (χ2n) is 5.66. The lowest BCUT2D eigenvalue weighted by Gasteiger charge is -2.31. The Morgan fingerprint density at radius 1 is 1.30 bits per heavy atom. The number of anilines is 1. The minimum atomic E-state index is 0.517. The smallest absolute Gasteiger partial charge is 0.0510 e. The zero-order valence-corrected chi connectivity index (χ0v) is 13.1. The molecule has 1 fully saturated rings. The first-order chi connectivity index (χ1) is 9.74. The Bertz CT molecular complexity index is 384. The summed E-state index contributed by atoms with van der Waals surface area (Å²) in [5.41, 5.74) is 2.64. The third-order valence-electron chi connectivity index (χ3n) is 4.20. The summed E-state index contributed by atoms with van der Waals surface area (Å²) in [6.45, 7) is 11.5. The van der Waals surface area contributed by atoms with Crippen LogP contribution in [0, 0.1) is 12.8 Å². The van der Waals surface area contributed by atoms with Gasteiger partial charge in [0.15, 0.2) is 0 Å². The van der Waals surface area contributed by atoms with Crippen molar-refractivity contribution in [2.75, 3.05) is 37.7 Å². The lowest BCUT2D eigenvalue weighted by molar-refractivity contribution is 0.177. The standard InChI is InChI=1S/C17H28N2O/c1-4-18-17(15-10-11-20-13-15)12-19(5-2)16-8-6-14(3)7-9-16/h6-9,15,17-18H,4-5,10-13H2,1-3H3. The zero-order chi connectivity index (χ0) is 14.4. The van der Waals surface area contributed by atoms with E-state index in [1.165, 1.54) is 17.7 Å². The van der Waals surface area contributed by atoms with Gasteiger partial charge in [-0.2, -0.15) is 0 Å². The first-order valence-corrected chi connectivity index (χ1v) is 7.87. The van der Waals surface area contributed by atoms with E-state index in [0.717, 1.165) is 32.8 Å². The fourth-order valence-electron chi connectivity index (χ4n) is 2.92. The van der Waals surface area contributed by atoms with Crippen molar-refractivity contribution < 1.29 is 4.74 Å². The van der Waals surface area contributed by atoms with Gasteiger partial charge in [0.05, 0.1) is 6.61 Å². The number of ether oxygens (including phenoxy) is 1. The van der Waals surface area contributed by atoms with Crippen LogP contribution in [0.2, 0.25) is 0 Å². The number of nitrogens with zero attached hydrogens (tertiary/aromatic N) is 1. The Morgan fingerprint density at radius 3 is 2.60 bits per heavy atom. The Balaban J connectivity index is 2.03. The third-order valence-corrected chi connectivity index (χ3v) is 4.20. The molecular formula is C17H28N2O. The van der Waals surface area contributed by atoms with Gasteiger partial charge >= 0.3 is 0 Å². The van der Waals surface area contributed by atoms with Gasteiger partial charge in [-0.15, -0.1) is 0 Å². The van der Waals surface area contributed by atoms with Gasteiger partial charge in [-0.3, -0.25) is 0 Å². The molecule has 3 nitrogen and oxygen atoms in total. The number of nitrogens with one attached hydrogen (secondary N) is 1. The second kappa shape index (κ2) is 7.65.